The predicted molar refractivity (Wildman–Crippen MR) is 172 cm³/mol. The van der Waals surface area contributed by atoms with E-state index < -0.39 is 49.3 Å². The van der Waals surface area contributed by atoms with Gasteiger partial charge in [0.15, 0.2) is 6.29 Å². The van der Waals surface area contributed by atoms with E-state index in [2.05, 4.69) is 21.3 Å². The SMILES string of the molecule is CC(=O)NC1C(OCCOCCNC(=O)CNC(=O)CCCCCCCCCNC(=O)[C@H]2C[C@@H](OC(C)C)CO2)O[C@H](CO)C(O)C1O. The van der Waals surface area contributed by atoms with Crippen molar-refractivity contribution in [1.29, 1.82) is 0 Å². The van der Waals surface area contributed by atoms with Crippen LogP contribution in [0.5, 0.6) is 0 Å². The second-order valence-electron chi connectivity index (χ2n) is 12.4. The number of nitrogens with one attached hydrogen (secondary N) is 4. The second kappa shape index (κ2) is 23.8. The molecule has 0 radical (unpaired) electrons. The van der Waals surface area contributed by atoms with Crippen molar-refractivity contribution in [3.05, 3.63) is 0 Å². The van der Waals surface area contributed by atoms with Crippen molar-refractivity contribution in [3.63, 3.8) is 0 Å². The highest BCUT2D eigenvalue weighted by molar-refractivity contribution is 5.84. The molecule has 2 rings (SSSR count). The number of aliphatic hydroxyl groups excluding tert-OH is 3. The van der Waals surface area contributed by atoms with Crippen molar-refractivity contribution in [1.82, 2.24) is 21.3 Å². The normalized spacial score (nSPS) is 25.5. The molecule has 16 nitrogen and oxygen atoms in total. The number of hydrogen-bond donors (Lipinski definition) is 7. The van der Waals surface area contributed by atoms with Gasteiger partial charge in [0.1, 0.15) is 30.5 Å². The first-order valence-electron chi connectivity index (χ1n) is 17.2. The Morgan fingerprint density at radius 1 is 0.854 bits per heavy atom. The first kappa shape index (κ1) is 41.7. The molecular formula is C32H58N4O12. The number of carbonyl (C=O) groups is 4. The van der Waals surface area contributed by atoms with Crippen molar-refractivity contribution in [2.24, 2.45) is 0 Å². The van der Waals surface area contributed by atoms with Gasteiger partial charge in [-0.3, -0.25) is 19.2 Å². The lowest BCUT2D eigenvalue weighted by molar-refractivity contribution is -0.272. The van der Waals surface area contributed by atoms with Crippen LogP contribution in [0.25, 0.3) is 0 Å². The van der Waals surface area contributed by atoms with Gasteiger partial charge in [-0.1, -0.05) is 32.1 Å². The molecule has 278 valence electrons. The van der Waals surface area contributed by atoms with Crippen molar-refractivity contribution >= 4 is 23.6 Å². The molecule has 0 aliphatic carbocycles. The molecule has 0 bridgehead atoms. The Morgan fingerprint density at radius 2 is 1.56 bits per heavy atom. The monoisotopic (exact) mass is 690 g/mol. The highest BCUT2D eigenvalue weighted by Gasteiger charge is 2.45. The topological polar surface area (TPSA) is 223 Å². The maximum Gasteiger partial charge on any atom is 0.249 e. The van der Waals surface area contributed by atoms with Gasteiger partial charge in [-0.15, -0.1) is 0 Å². The molecule has 2 aliphatic heterocycles. The van der Waals surface area contributed by atoms with Gasteiger partial charge in [-0.05, 0) is 26.7 Å². The summed E-state index contributed by atoms with van der Waals surface area (Å²) in [4.78, 5) is 47.7. The fourth-order valence-electron chi connectivity index (χ4n) is 5.41. The molecule has 7 N–H and O–H groups in total. The van der Waals surface area contributed by atoms with Crippen LogP contribution in [-0.2, 0) is 42.9 Å². The maximum absolute atomic E-state index is 12.2. The third kappa shape index (κ3) is 16.8. The quantitative estimate of drug-likeness (QED) is 0.0607. The summed E-state index contributed by atoms with van der Waals surface area (Å²) >= 11 is 0. The van der Waals surface area contributed by atoms with E-state index in [1.54, 1.807) is 0 Å². The van der Waals surface area contributed by atoms with E-state index in [1.807, 2.05) is 13.8 Å². The van der Waals surface area contributed by atoms with Crippen LogP contribution in [0.2, 0.25) is 0 Å². The van der Waals surface area contributed by atoms with Crippen LogP contribution in [0.1, 0.15) is 78.6 Å². The summed E-state index contributed by atoms with van der Waals surface area (Å²) in [6.07, 6.45) is 2.45. The fraction of sp³-hybridized carbons (Fsp3) is 0.875. The fourth-order valence-corrected chi connectivity index (χ4v) is 5.41. The van der Waals surface area contributed by atoms with Crippen LogP contribution in [0.3, 0.4) is 0 Å². The predicted octanol–water partition coefficient (Wildman–Crippen LogP) is -0.985. The molecule has 48 heavy (non-hydrogen) atoms. The first-order chi connectivity index (χ1) is 23.0. The number of rotatable bonds is 24. The lowest BCUT2D eigenvalue weighted by atomic mass is 9.97. The van der Waals surface area contributed by atoms with E-state index in [-0.39, 0.29) is 62.8 Å². The molecule has 2 heterocycles. The molecular weight excluding hydrogens is 632 g/mol. The molecule has 4 unspecified atom stereocenters. The Kier molecular flexibility index (Phi) is 20.7. The lowest BCUT2D eigenvalue weighted by Crippen LogP contribution is -2.64. The van der Waals surface area contributed by atoms with E-state index in [9.17, 15) is 34.5 Å². The van der Waals surface area contributed by atoms with Crippen molar-refractivity contribution in [2.45, 2.75) is 128 Å². The molecule has 0 aromatic carbocycles. The number of unbranched alkanes of at least 4 members (excludes halogenated alkanes) is 6. The molecule has 0 aromatic heterocycles. The largest absolute Gasteiger partial charge is 0.394 e. The average molecular weight is 691 g/mol. The Morgan fingerprint density at radius 3 is 2.25 bits per heavy atom. The highest BCUT2D eigenvalue weighted by Crippen LogP contribution is 2.22. The summed E-state index contributed by atoms with van der Waals surface area (Å²) in [5.41, 5.74) is 0. The molecule has 7 atom stereocenters. The zero-order valence-corrected chi connectivity index (χ0v) is 28.7. The number of aliphatic hydroxyl groups is 3. The zero-order valence-electron chi connectivity index (χ0n) is 28.7. The summed E-state index contributed by atoms with van der Waals surface area (Å²) in [7, 11) is 0. The van der Waals surface area contributed by atoms with Gasteiger partial charge in [0.25, 0.3) is 0 Å². The average Bonchev–Trinajstić information content (AvgIpc) is 3.51. The van der Waals surface area contributed by atoms with Gasteiger partial charge in [-0.2, -0.15) is 0 Å². The van der Waals surface area contributed by atoms with Crippen LogP contribution in [-0.4, -0.2) is 141 Å². The Labute approximate surface area is 283 Å². The minimum absolute atomic E-state index is 0.0147. The third-order valence-corrected chi connectivity index (χ3v) is 7.87. The van der Waals surface area contributed by atoms with Gasteiger partial charge in [0.2, 0.25) is 23.6 Å². The summed E-state index contributed by atoms with van der Waals surface area (Å²) in [6.45, 7) is 6.17. The van der Waals surface area contributed by atoms with E-state index in [4.69, 9.17) is 23.7 Å². The minimum Gasteiger partial charge on any atom is -0.394 e. The van der Waals surface area contributed by atoms with Gasteiger partial charge in [-0.25, -0.2) is 0 Å². The second-order valence-corrected chi connectivity index (χ2v) is 12.4. The summed E-state index contributed by atoms with van der Waals surface area (Å²) < 4.78 is 27.7. The summed E-state index contributed by atoms with van der Waals surface area (Å²) in [5.74, 6) is -1.03. The Hall–Kier alpha value is -2.44. The van der Waals surface area contributed by atoms with Gasteiger partial charge < -0.3 is 60.3 Å². The van der Waals surface area contributed by atoms with Crippen molar-refractivity contribution < 1.29 is 58.2 Å². The zero-order chi connectivity index (χ0) is 35.3. The third-order valence-electron chi connectivity index (χ3n) is 7.87. The molecule has 0 spiro atoms. The van der Waals surface area contributed by atoms with Crippen LogP contribution in [0.15, 0.2) is 0 Å². The molecule has 16 heteroatoms. The minimum atomic E-state index is -1.40. The van der Waals surface area contributed by atoms with Gasteiger partial charge >= 0.3 is 0 Å². The molecule has 2 fully saturated rings. The van der Waals surface area contributed by atoms with E-state index in [0.29, 0.717) is 26.0 Å². The summed E-state index contributed by atoms with van der Waals surface area (Å²) in [5, 5.41) is 40.3. The Balaban J connectivity index is 1.39. The number of hydrogen-bond acceptors (Lipinski definition) is 12. The molecule has 2 saturated heterocycles. The Bertz CT molecular complexity index is 958. The lowest BCUT2D eigenvalue weighted by Gasteiger charge is -2.42. The highest BCUT2D eigenvalue weighted by atomic mass is 16.7. The van der Waals surface area contributed by atoms with E-state index >= 15 is 0 Å². The summed E-state index contributed by atoms with van der Waals surface area (Å²) in [6, 6.07) is -1.03. The molecule has 0 aromatic rings. The van der Waals surface area contributed by atoms with Gasteiger partial charge in [0, 0.05) is 32.9 Å². The number of carbonyl (C=O) groups excluding carboxylic acids is 4. The van der Waals surface area contributed by atoms with Crippen LogP contribution in [0, 0.1) is 0 Å². The van der Waals surface area contributed by atoms with Crippen LogP contribution in [0.4, 0.5) is 0 Å². The number of ether oxygens (including phenoxy) is 5. The molecule has 0 saturated carbocycles. The van der Waals surface area contributed by atoms with Gasteiger partial charge in [0.05, 0.1) is 51.8 Å². The van der Waals surface area contributed by atoms with Crippen LogP contribution >= 0.6 is 0 Å². The first-order valence-corrected chi connectivity index (χ1v) is 17.2. The smallest absolute Gasteiger partial charge is 0.249 e. The number of amides is 4. The maximum atomic E-state index is 12.2. The standard InChI is InChI=1S/C32H58N4O12/c1-21(2)47-23-17-24(46-20-23)31(43)34-12-10-8-6-4-5-7-9-11-26(39)35-18-27(40)33-13-14-44-15-16-45-32-28(36-22(3)38)30(42)29(41)25(19-37)48-32/h21,23-25,28-30,32,37,41-42H,4-20H2,1-3H3,(H,33,40)(H,34,43)(H,35,39)(H,36,38)/t23-,24-,25-,28?,29?,30?,32?/m1/s1. The van der Waals surface area contributed by atoms with E-state index in [0.717, 1.165) is 44.9 Å². The molecule has 2 aliphatic rings. The molecule has 4 amide bonds. The van der Waals surface area contributed by atoms with E-state index in [1.165, 1.54) is 6.92 Å². The van der Waals surface area contributed by atoms with Crippen LogP contribution < -0.4 is 21.3 Å². The van der Waals surface area contributed by atoms with Crippen molar-refractivity contribution in [2.75, 3.05) is 52.7 Å². The van der Waals surface area contributed by atoms with Crippen molar-refractivity contribution in [3.8, 4) is 0 Å².